The maximum atomic E-state index is 13.0. The van der Waals surface area contributed by atoms with Gasteiger partial charge in [-0.1, -0.05) is 0 Å². The predicted octanol–water partition coefficient (Wildman–Crippen LogP) is 2.63. The van der Waals surface area contributed by atoms with Crippen LogP contribution in [0.15, 0.2) is 36.4 Å². The van der Waals surface area contributed by atoms with Gasteiger partial charge < -0.3 is 10.6 Å². The highest BCUT2D eigenvalue weighted by Gasteiger charge is 2.44. The van der Waals surface area contributed by atoms with Gasteiger partial charge in [0.15, 0.2) is 0 Å². The summed E-state index contributed by atoms with van der Waals surface area (Å²) in [5.74, 6) is -2.42. The van der Waals surface area contributed by atoms with E-state index in [4.69, 9.17) is 5.26 Å². The number of carbonyl (C=O) groups excluding carboxylic acids is 5. The number of fused-ring (bicyclic) bond motifs is 2. The van der Waals surface area contributed by atoms with E-state index in [1.165, 1.54) is 29.5 Å². The normalized spacial score (nSPS) is 17.4. The summed E-state index contributed by atoms with van der Waals surface area (Å²) < 4.78 is 0.881. The molecule has 3 N–H and O–H groups in total. The third kappa shape index (κ3) is 4.30. The lowest BCUT2D eigenvalue weighted by atomic mass is 10.0. The second-order valence-electron chi connectivity index (χ2n) is 9.23. The Morgan fingerprint density at radius 3 is 2.62 bits per heavy atom. The third-order valence-corrected chi connectivity index (χ3v) is 7.54. The second kappa shape index (κ2) is 8.79. The second-order valence-corrected chi connectivity index (χ2v) is 10.3. The highest BCUT2D eigenvalue weighted by molar-refractivity contribution is 7.18. The number of hydrogen-bond acceptors (Lipinski definition) is 8. The number of aromatic nitrogens is 1. The monoisotopic (exact) mass is 516 g/mol. The van der Waals surface area contributed by atoms with Crippen LogP contribution in [-0.4, -0.2) is 45.6 Å². The number of hydrogen-bond donors (Lipinski definition) is 3. The molecular formula is C25H20N6O5S. The zero-order valence-electron chi connectivity index (χ0n) is 19.7. The van der Waals surface area contributed by atoms with E-state index >= 15 is 0 Å². The Hall–Kier alpha value is -4.63. The zero-order valence-corrected chi connectivity index (χ0v) is 20.6. The minimum absolute atomic E-state index is 0.0285. The van der Waals surface area contributed by atoms with Gasteiger partial charge in [-0.2, -0.15) is 5.26 Å². The number of imide groups is 2. The van der Waals surface area contributed by atoms with E-state index in [-0.39, 0.29) is 29.7 Å². The summed E-state index contributed by atoms with van der Waals surface area (Å²) in [6.45, 7) is 3.58. The number of amides is 6. The van der Waals surface area contributed by atoms with Crippen molar-refractivity contribution in [1.82, 2.24) is 20.5 Å². The van der Waals surface area contributed by atoms with E-state index in [2.05, 4.69) is 27.0 Å². The van der Waals surface area contributed by atoms with Gasteiger partial charge in [0.1, 0.15) is 11.0 Å². The van der Waals surface area contributed by atoms with E-state index in [1.807, 2.05) is 6.07 Å². The molecule has 0 saturated carbocycles. The average Bonchev–Trinajstić information content (AvgIpc) is 3.38. The molecule has 1 unspecified atom stereocenters. The highest BCUT2D eigenvalue weighted by atomic mass is 32.1. The van der Waals surface area contributed by atoms with Crippen molar-refractivity contribution in [2.24, 2.45) is 0 Å². The first kappa shape index (κ1) is 24.1. The molecule has 0 bridgehead atoms. The molecule has 6 amide bonds. The molecule has 0 aliphatic carbocycles. The standard InChI is InChI=1S/C25H20N6O5S/c1-25(2,23-28-16-9-12(11-26)3-7-18(16)37-23)30-24(36)27-13-4-5-14-15(10-13)22(35)31(21(14)34)17-6-8-19(32)29-20(17)33/h3-5,7,9-10,17H,6,8H2,1-2H3,(H2,27,30,36)(H,29,32,33). The number of carbonyl (C=O) groups is 5. The Morgan fingerprint density at radius 1 is 1.14 bits per heavy atom. The lowest BCUT2D eigenvalue weighted by molar-refractivity contribution is -0.136. The molecule has 0 radical (unpaired) electrons. The van der Waals surface area contributed by atoms with E-state index in [9.17, 15) is 24.0 Å². The van der Waals surface area contributed by atoms with E-state index in [0.717, 1.165) is 9.60 Å². The molecule has 186 valence electrons. The fraction of sp³-hybridized carbons (Fsp3) is 0.240. The van der Waals surface area contributed by atoms with Crippen LogP contribution in [0.4, 0.5) is 10.5 Å². The molecular weight excluding hydrogens is 496 g/mol. The topological polar surface area (TPSA) is 161 Å². The van der Waals surface area contributed by atoms with Crippen LogP contribution in [0.5, 0.6) is 0 Å². The van der Waals surface area contributed by atoms with Crippen LogP contribution in [0, 0.1) is 11.3 Å². The summed E-state index contributed by atoms with van der Waals surface area (Å²) in [6, 6.07) is 9.96. The number of piperidine rings is 1. The molecule has 1 saturated heterocycles. The molecule has 1 atom stereocenters. The van der Waals surface area contributed by atoms with Crippen LogP contribution in [0.3, 0.4) is 0 Å². The smallest absolute Gasteiger partial charge is 0.319 e. The van der Waals surface area contributed by atoms with Gasteiger partial charge in [-0.05, 0) is 56.7 Å². The number of nitrogens with one attached hydrogen (secondary N) is 3. The number of nitriles is 1. The molecule has 1 fully saturated rings. The first-order valence-electron chi connectivity index (χ1n) is 11.3. The van der Waals surface area contributed by atoms with Gasteiger partial charge in [-0.3, -0.25) is 29.4 Å². The molecule has 1 aromatic heterocycles. The van der Waals surface area contributed by atoms with Crippen molar-refractivity contribution in [3.05, 3.63) is 58.1 Å². The quantitative estimate of drug-likeness (QED) is 0.449. The number of benzene rings is 2. The van der Waals surface area contributed by atoms with Crippen molar-refractivity contribution in [3.63, 3.8) is 0 Å². The van der Waals surface area contributed by atoms with Crippen molar-refractivity contribution in [3.8, 4) is 6.07 Å². The molecule has 3 aromatic rings. The lowest BCUT2D eigenvalue weighted by Crippen LogP contribution is -2.54. The third-order valence-electron chi connectivity index (χ3n) is 6.17. The van der Waals surface area contributed by atoms with Gasteiger partial charge >= 0.3 is 6.03 Å². The zero-order chi connectivity index (χ0) is 26.5. The molecule has 2 aromatic carbocycles. The van der Waals surface area contributed by atoms with Crippen molar-refractivity contribution < 1.29 is 24.0 Å². The Kier molecular flexibility index (Phi) is 5.72. The lowest BCUT2D eigenvalue weighted by Gasteiger charge is -2.27. The summed E-state index contributed by atoms with van der Waals surface area (Å²) in [4.78, 5) is 67.8. The first-order valence-corrected chi connectivity index (χ1v) is 12.1. The molecule has 2 aliphatic rings. The largest absolute Gasteiger partial charge is 0.326 e. The van der Waals surface area contributed by atoms with Crippen molar-refractivity contribution >= 4 is 56.9 Å². The number of urea groups is 1. The maximum Gasteiger partial charge on any atom is 0.319 e. The highest BCUT2D eigenvalue weighted by Crippen LogP contribution is 2.32. The van der Waals surface area contributed by atoms with Crippen molar-refractivity contribution in [2.75, 3.05) is 5.32 Å². The molecule has 2 aliphatic heterocycles. The molecule has 0 spiro atoms. The van der Waals surface area contributed by atoms with Gasteiger partial charge in [0.05, 0.1) is 38.5 Å². The maximum absolute atomic E-state index is 13.0. The van der Waals surface area contributed by atoms with Crippen LogP contribution in [0.1, 0.15) is 58.0 Å². The van der Waals surface area contributed by atoms with Crippen LogP contribution < -0.4 is 16.0 Å². The fourth-order valence-corrected chi connectivity index (χ4v) is 5.32. The van der Waals surface area contributed by atoms with Crippen molar-refractivity contribution in [1.29, 1.82) is 5.26 Å². The SMILES string of the molecule is CC(C)(NC(=O)Nc1ccc2c(c1)C(=O)N(C1CCC(=O)NC1=O)C2=O)c1nc2cc(C#N)ccc2s1. The first-order chi connectivity index (χ1) is 17.6. The van der Waals surface area contributed by atoms with Crippen LogP contribution in [0.2, 0.25) is 0 Å². The molecule has 12 heteroatoms. The Balaban J connectivity index is 1.31. The van der Waals surface area contributed by atoms with Crippen molar-refractivity contribution in [2.45, 2.75) is 38.3 Å². The minimum atomic E-state index is -1.07. The van der Waals surface area contributed by atoms with Crippen LogP contribution in [-0.2, 0) is 15.1 Å². The summed E-state index contributed by atoms with van der Waals surface area (Å²) in [5.41, 5.74) is 0.760. The van der Waals surface area contributed by atoms with E-state index in [1.54, 1.807) is 26.0 Å². The Labute approximate surface area is 214 Å². The predicted molar refractivity (Wildman–Crippen MR) is 133 cm³/mol. The van der Waals surface area contributed by atoms with Gasteiger partial charge in [0, 0.05) is 12.1 Å². The van der Waals surface area contributed by atoms with Gasteiger partial charge in [0.2, 0.25) is 11.8 Å². The van der Waals surface area contributed by atoms with Gasteiger partial charge in [0.25, 0.3) is 11.8 Å². The van der Waals surface area contributed by atoms with E-state index in [0.29, 0.717) is 16.1 Å². The minimum Gasteiger partial charge on any atom is -0.326 e. The summed E-state index contributed by atoms with van der Waals surface area (Å²) in [6.07, 6.45) is 0.0864. The molecule has 37 heavy (non-hydrogen) atoms. The number of anilines is 1. The number of thiazole rings is 1. The Morgan fingerprint density at radius 2 is 1.89 bits per heavy atom. The van der Waals surface area contributed by atoms with Crippen LogP contribution >= 0.6 is 11.3 Å². The number of nitrogens with zero attached hydrogens (tertiary/aromatic N) is 3. The summed E-state index contributed by atoms with van der Waals surface area (Å²) in [7, 11) is 0. The molecule has 3 heterocycles. The van der Waals surface area contributed by atoms with Gasteiger partial charge in [-0.25, -0.2) is 9.78 Å². The van der Waals surface area contributed by atoms with Gasteiger partial charge in [-0.15, -0.1) is 11.3 Å². The molecule has 5 rings (SSSR count). The van der Waals surface area contributed by atoms with E-state index < -0.39 is 41.2 Å². The molecule has 11 nitrogen and oxygen atoms in total. The summed E-state index contributed by atoms with van der Waals surface area (Å²) in [5, 5.41) is 17.4. The van der Waals surface area contributed by atoms with Crippen LogP contribution in [0.25, 0.3) is 10.2 Å². The average molecular weight is 517 g/mol. The Bertz CT molecular complexity index is 1570. The summed E-state index contributed by atoms with van der Waals surface area (Å²) >= 11 is 1.40. The number of rotatable bonds is 4. The fourth-order valence-electron chi connectivity index (χ4n) is 4.31.